The Bertz CT molecular complexity index is 2670. The van der Waals surface area contributed by atoms with Crippen molar-refractivity contribution in [1.29, 1.82) is 5.26 Å². The van der Waals surface area contributed by atoms with Gasteiger partial charge in [0.15, 0.2) is 0 Å². The fourth-order valence-corrected chi connectivity index (χ4v) is 11.9. The maximum absolute atomic E-state index is 13.3. The van der Waals surface area contributed by atoms with E-state index in [1.807, 2.05) is 30.7 Å². The highest BCUT2D eigenvalue weighted by atomic mass is 16.2. The number of hydrogen-bond acceptors (Lipinski definition) is 11. The lowest BCUT2D eigenvalue weighted by Crippen LogP contribution is -2.52. The number of nitrogens with one attached hydrogen (secondary N) is 2. The van der Waals surface area contributed by atoms with Crippen LogP contribution in [0.5, 0.6) is 0 Å². The molecular weight excluding hydrogens is 829 g/mol. The van der Waals surface area contributed by atoms with E-state index < -0.39 is 0 Å². The molecule has 0 spiro atoms. The van der Waals surface area contributed by atoms with Crippen LogP contribution in [-0.2, 0) is 20.8 Å². The van der Waals surface area contributed by atoms with Gasteiger partial charge in [0.25, 0.3) is 0 Å². The number of aromatic nitrogens is 6. The summed E-state index contributed by atoms with van der Waals surface area (Å²) in [6, 6.07) is 14.2. The van der Waals surface area contributed by atoms with Gasteiger partial charge in [0.05, 0.1) is 41.4 Å². The smallest absolute Gasteiger partial charge is 0.249 e. The summed E-state index contributed by atoms with van der Waals surface area (Å²) >= 11 is 0. The summed E-state index contributed by atoms with van der Waals surface area (Å²) in [6.45, 7) is 6.73. The number of rotatable bonds is 10. The molecule has 4 aliphatic heterocycles. The molecule has 3 saturated heterocycles. The van der Waals surface area contributed by atoms with E-state index in [2.05, 4.69) is 72.5 Å². The van der Waals surface area contributed by atoms with Gasteiger partial charge in [-0.2, -0.15) is 15.5 Å². The molecule has 5 fully saturated rings. The fraction of sp³-hybridized carbons (Fsp3) is 0.529. The first kappa shape index (κ1) is 42.5. The zero-order valence-electron chi connectivity index (χ0n) is 38.0. The molecule has 2 N–H and O–H groups in total. The highest BCUT2D eigenvalue weighted by molar-refractivity contribution is 6.02. The number of nitrogens with zero attached hydrogens (tertiary/aromatic N) is 10. The number of fused-ring (bicyclic) bond motifs is 2. The van der Waals surface area contributed by atoms with Gasteiger partial charge in [0, 0.05) is 67.3 Å². The predicted molar refractivity (Wildman–Crippen MR) is 251 cm³/mol. The van der Waals surface area contributed by atoms with Crippen molar-refractivity contribution in [1.82, 2.24) is 44.9 Å². The number of likely N-dealkylation sites (tertiary alicyclic amines) is 1. The standard InChI is InChI=1S/C51H60N12O3/c1-2-51(50(66)56-39-4-3-5-39)19-24-60(25-20-51)45-14-7-36(28-53-45)47-48-37(27-52)29-55-63(48)32-42(57-47)38-30-54-62(31-38)41-10-8-40(9-11-41)59-21-16-33(17-22-59)34-6-12-43-35(26-34)18-23-61(43)44-13-15-46(64)58-49(44)65/h6-7,12,14,26,28-33,39-41,44H,2-5,8-11,13,15-25H2,1H3,(H,56,66)(H,58,64,65)/t40?,41?,44-/m0/s1. The van der Waals surface area contributed by atoms with Gasteiger partial charge in [-0.1, -0.05) is 19.1 Å². The van der Waals surface area contributed by atoms with Crippen LogP contribution in [0.2, 0.25) is 0 Å². The fourth-order valence-electron chi connectivity index (χ4n) is 11.9. The maximum atomic E-state index is 13.3. The van der Waals surface area contributed by atoms with Gasteiger partial charge in [0.1, 0.15) is 29.0 Å². The normalized spacial score (nSPS) is 23.9. The summed E-state index contributed by atoms with van der Waals surface area (Å²) in [5.74, 6) is 1.32. The molecule has 6 aliphatic rings. The van der Waals surface area contributed by atoms with E-state index in [0.29, 0.717) is 53.7 Å². The first-order valence-electron chi connectivity index (χ1n) is 24.6. The molecule has 5 aromatic rings. The maximum Gasteiger partial charge on any atom is 0.249 e. The topological polar surface area (TPSA) is 170 Å². The van der Waals surface area contributed by atoms with Gasteiger partial charge in [-0.3, -0.25) is 24.4 Å². The number of carbonyl (C=O) groups excluding carboxylic acids is 3. The third-order valence-corrected chi connectivity index (χ3v) is 16.4. The van der Waals surface area contributed by atoms with Crippen LogP contribution in [0.3, 0.4) is 0 Å². The van der Waals surface area contributed by atoms with Gasteiger partial charge in [0.2, 0.25) is 17.7 Å². The molecule has 3 amide bonds. The van der Waals surface area contributed by atoms with Crippen molar-refractivity contribution in [3.8, 4) is 28.6 Å². The lowest BCUT2D eigenvalue weighted by atomic mass is 9.74. The SMILES string of the molecule is CCC1(C(=O)NC2CCC2)CCN(c2ccc(-c3nc(-c4cnn(C5CCC(N6CCC(c7ccc8c(c7)CCN8[C@H]7CCC(=O)NC7=O)CC6)CC5)c4)cn4ncc(C#N)c34)cn2)CC1. The van der Waals surface area contributed by atoms with Crippen LogP contribution in [0, 0.1) is 16.7 Å². The number of amides is 3. The first-order chi connectivity index (χ1) is 32.3. The minimum Gasteiger partial charge on any atom is -0.359 e. The minimum absolute atomic E-state index is 0.164. The summed E-state index contributed by atoms with van der Waals surface area (Å²) in [6.07, 6.45) is 23.9. The number of nitriles is 1. The number of carbonyl (C=O) groups is 3. The molecule has 342 valence electrons. The molecule has 2 saturated carbocycles. The second kappa shape index (κ2) is 17.6. The van der Waals surface area contributed by atoms with Crippen molar-refractivity contribution in [2.24, 2.45) is 5.41 Å². The third kappa shape index (κ3) is 7.90. The number of imide groups is 1. The van der Waals surface area contributed by atoms with Crippen LogP contribution in [0.1, 0.15) is 125 Å². The average molecular weight is 889 g/mol. The number of pyridine rings is 1. The van der Waals surface area contributed by atoms with Crippen LogP contribution >= 0.6 is 0 Å². The van der Waals surface area contributed by atoms with E-state index in [-0.39, 0.29) is 29.2 Å². The largest absolute Gasteiger partial charge is 0.359 e. The zero-order valence-corrected chi connectivity index (χ0v) is 38.0. The molecule has 4 aromatic heterocycles. The minimum atomic E-state index is -0.316. The van der Waals surface area contributed by atoms with Crippen LogP contribution in [0.15, 0.2) is 61.3 Å². The van der Waals surface area contributed by atoms with Crippen molar-refractivity contribution < 1.29 is 14.4 Å². The zero-order chi connectivity index (χ0) is 44.9. The lowest BCUT2D eigenvalue weighted by Gasteiger charge is -2.42. The van der Waals surface area contributed by atoms with E-state index in [1.54, 1.807) is 10.7 Å². The van der Waals surface area contributed by atoms with Gasteiger partial charge in [-0.15, -0.1) is 0 Å². The van der Waals surface area contributed by atoms with Gasteiger partial charge in [-0.05, 0) is 138 Å². The number of piperidine rings is 3. The summed E-state index contributed by atoms with van der Waals surface area (Å²) in [5.41, 5.74) is 7.80. The summed E-state index contributed by atoms with van der Waals surface area (Å²) < 4.78 is 3.88. The number of benzene rings is 1. The van der Waals surface area contributed by atoms with Gasteiger partial charge in [-0.25, -0.2) is 14.5 Å². The Morgan fingerprint density at radius 1 is 0.864 bits per heavy atom. The Morgan fingerprint density at radius 2 is 1.67 bits per heavy atom. The molecule has 2 aliphatic carbocycles. The monoisotopic (exact) mass is 888 g/mol. The van der Waals surface area contributed by atoms with Gasteiger partial charge < -0.3 is 20.0 Å². The Hall–Kier alpha value is -6.14. The second-order valence-electron chi connectivity index (χ2n) is 19.8. The highest BCUT2D eigenvalue weighted by Crippen LogP contribution is 2.41. The molecule has 0 radical (unpaired) electrons. The molecule has 8 heterocycles. The van der Waals surface area contributed by atoms with Gasteiger partial charge >= 0.3 is 0 Å². The van der Waals surface area contributed by atoms with E-state index in [9.17, 15) is 19.6 Å². The quantitative estimate of drug-likeness (QED) is 0.143. The van der Waals surface area contributed by atoms with Crippen molar-refractivity contribution in [3.05, 3.63) is 78.0 Å². The third-order valence-electron chi connectivity index (χ3n) is 16.4. The first-order valence-corrected chi connectivity index (χ1v) is 24.6. The van der Waals surface area contributed by atoms with E-state index in [0.717, 1.165) is 138 Å². The molecule has 11 rings (SSSR count). The molecule has 1 aromatic carbocycles. The van der Waals surface area contributed by atoms with Crippen LogP contribution in [0.4, 0.5) is 11.5 Å². The Labute approximate surface area is 385 Å². The van der Waals surface area contributed by atoms with Crippen LogP contribution in [-0.4, -0.2) is 103 Å². The molecule has 66 heavy (non-hydrogen) atoms. The summed E-state index contributed by atoms with van der Waals surface area (Å²) in [5, 5.41) is 25.3. The van der Waals surface area contributed by atoms with Crippen molar-refractivity contribution in [2.75, 3.05) is 42.5 Å². The molecule has 0 unspecified atom stereocenters. The highest BCUT2D eigenvalue weighted by Gasteiger charge is 2.42. The molecule has 1 atom stereocenters. The average Bonchev–Trinajstić information content (AvgIpc) is 4.12. The molecular formula is C51H60N12O3. The van der Waals surface area contributed by atoms with Crippen LogP contribution < -0.4 is 20.4 Å². The second-order valence-corrected chi connectivity index (χ2v) is 19.8. The van der Waals surface area contributed by atoms with Crippen LogP contribution in [0.25, 0.3) is 28.0 Å². The van der Waals surface area contributed by atoms with Crippen molar-refractivity contribution >= 4 is 34.7 Å². The van der Waals surface area contributed by atoms with E-state index in [1.165, 1.54) is 17.5 Å². The van der Waals surface area contributed by atoms with Crippen molar-refractivity contribution in [2.45, 2.75) is 133 Å². The molecule has 15 nitrogen and oxygen atoms in total. The Morgan fingerprint density at radius 3 is 2.38 bits per heavy atom. The summed E-state index contributed by atoms with van der Waals surface area (Å²) in [7, 11) is 0. The number of anilines is 2. The summed E-state index contributed by atoms with van der Waals surface area (Å²) in [4.78, 5) is 54.9. The molecule has 0 bridgehead atoms. The van der Waals surface area contributed by atoms with E-state index >= 15 is 0 Å². The lowest BCUT2D eigenvalue weighted by molar-refractivity contribution is -0.135. The van der Waals surface area contributed by atoms with Crippen molar-refractivity contribution in [3.63, 3.8) is 0 Å². The Kier molecular flexibility index (Phi) is 11.3. The molecule has 15 heteroatoms. The number of hydrogen-bond donors (Lipinski definition) is 2. The predicted octanol–water partition coefficient (Wildman–Crippen LogP) is 6.72. The Balaban J connectivity index is 0.712. The van der Waals surface area contributed by atoms with E-state index in [4.69, 9.17) is 15.1 Å².